The molecule has 1 aliphatic carbocycles. The van der Waals surface area contributed by atoms with E-state index < -0.39 is 0 Å². The Hall–Kier alpha value is -1.12. The zero-order valence-corrected chi connectivity index (χ0v) is 7.65. The third-order valence-electron chi connectivity index (χ3n) is 2.78. The molecule has 1 aromatic heterocycles. The Morgan fingerprint density at radius 1 is 1.38 bits per heavy atom. The van der Waals surface area contributed by atoms with Crippen LogP contribution in [0.15, 0.2) is 12.5 Å². The van der Waals surface area contributed by atoms with Crippen molar-refractivity contribution in [2.24, 2.45) is 0 Å². The molecule has 0 aromatic carbocycles. The van der Waals surface area contributed by atoms with Crippen LogP contribution in [0, 0.1) is 0 Å². The van der Waals surface area contributed by atoms with Crippen molar-refractivity contribution in [2.75, 3.05) is 0 Å². The molecule has 0 unspecified atom stereocenters. The zero-order valence-electron chi connectivity index (χ0n) is 7.65. The van der Waals surface area contributed by atoms with Crippen LogP contribution in [-0.2, 0) is 0 Å². The quantitative estimate of drug-likeness (QED) is 0.651. The Kier molecular flexibility index (Phi) is 2.43. The second kappa shape index (κ2) is 3.73. The first-order chi connectivity index (χ1) is 6.42. The van der Waals surface area contributed by atoms with E-state index in [0.29, 0.717) is 11.7 Å². The molecule has 13 heavy (non-hydrogen) atoms. The van der Waals surface area contributed by atoms with Crippen LogP contribution in [-0.4, -0.2) is 15.8 Å². The fourth-order valence-electron chi connectivity index (χ4n) is 2.07. The largest absolute Gasteiger partial charge is 0.325 e. The third-order valence-corrected chi connectivity index (χ3v) is 2.78. The van der Waals surface area contributed by atoms with Crippen LogP contribution < -0.4 is 0 Å². The second-order valence-corrected chi connectivity index (χ2v) is 3.64. The first kappa shape index (κ1) is 8.48. The molecule has 1 heterocycles. The van der Waals surface area contributed by atoms with Gasteiger partial charge in [0, 0.05) is 6.04 Å². The standard InChI is InChI=1S/C10H14N2O/c13-7-10-6-11-8-12(10)9-4-2-1-3-5-9/h6-9H,1-5H2. The average Bonchev–Trinajstić information content (AvgIpc) is 2.67. The molecular weight excluding hydrogens is 164 g/mol. The number of imidazole rings is 1. The smallest absolute Gasteiger partial charge is 0.168 e. The highest BCUT2D eigenvalue weighted by Crippen LogP contribution is 2.28. The van der Waals surface area contributed by atoms with Gasteiger partial charge in [-0.25, -0.2) is 4.98 Å². The van der Waals surface area contributed by atoms with Crippen LogP contribution in [0.3, 0.4) is 0 Å². The molecule has 0 amide bonds. The molecular formula is C10H14N2O. The fraction of sp³-hybridized carbons (Fsp3) is 0.600. The van der Waals surface area contributed by atoms with Crippen molar-refractivity contribution in [2.45, 2.75) is 38.1 Å². The van der Waals surface area contributed by atoms with E-state index >= 15 is 0 Å². The van der Waals surface area contributed by atoms with E-state index in [9.17, 15) is 4.79 Å². The normalized spacial score (nSPS) is 18.8. The van der Waals surface area contributed by atoms with Crippen molar-refractivity contribution in [3.63, 3.8) is 0 Å². The van der Waals surface area contributed by atoms with E-state index in [1.165, 1.54) is 32.1 Å². The van der Waals surface area contributed by atoms with Gasteiger partial charge < -0.3 is 4.57 Å². The number of hydrogen-bond donors (Lipinski definition) is 0. The first-order valence-electron chi connectivity index (χ1n) is 4.89. The molecule has 3 heteroatoms. The van der Waals surface area contributed by atoms with Gasteiger partial charge in [0.2, 0.25) is 0 Å². The Morgan fingerprint density at radius 3 is 2.85 bits per heavy atom. The highest BCUT2D eigenvalue weighted by atomic mass is 16.1. The predicted octanol–water partition coefficient (Wildman–Crippen LogP) is 2.20. The topological polar surface area (TPSA) is 34.9 Å². The molecule has 0 saturated heterocycles. The SMILES string of the molecule is O=Cc1cncn1C1CCCCC1. The summed E-state index contributed by atoms with van der Waals surface area (Å²) in [5.74, 6) is 0. The lowest BCUT2D eigenvalue weighted by Crippen LogP contribution is -2.13. The Balaban J connectivity index is 2.17. The summed E-state index contributed by atoms with van der Waals surface area (Å²) in [7, 11) is 0. The Bertz CT molecular complexity index is 287. The predicted molar refractivity (Wildman–Crippen MR) is 49.7 cm³/mol. The van der Waals surface area contributed by atoms with Crippen LogP contribution in [0.5, 0.6) is 0 Å². The summed E-state index contributed by atoms with van der Waals surface area (Å²) in [6, 6.07) is 0.511. The van der Waals surface area contributed by atoms with Gasteiger partial charge in [-0.15, -0.1) is 0 Å². The van der Waals surface area contributed by atoms with E-state index in [4.69, 9.17) is 0 Å². The highest BCUT2D eigenvalue weighted by Gasteiger charge is 2.16. The van der Waals surface area contributed by atoms with Gasteiger partial charge in [0.25, 0.3) is 0 Å². The molecule has 0 spiro atoms. The minimum Gasteiger partial charge on any atom is -0.325 e. The summed E-state index contributed by atoms with van der Waals surface area (Å²) in [5.41, 5.74) is 0.715. The molecule has 0 bridgehead atoms. The number of carbonyl (C=O) groups is 1. The van der Waals surface area contributed by atoms with Crippen molar-refractivity contribution in [3.05, 3.63) is 18.2 Å². The van der Waals surface area contributed by atoms with Crippen molar-refractivity contribution in [1.29, 1.82) is 0 Å². The second-order valence-electron chi connectivity index (χ2n) is 3.64. The van der Waals surface area contributed by atoms with Crippen LogP contribution in [0.1, 0.15) is 48.6 Å². The van der Waals surface area contributed by atoms with Crippen LogP contribution in [0.25, 0.3) is 0 Å². The van der Waals surface area contributed by atoms with E-state index in [1.54, 1.807) is 12.5 Å². The molecule has 0 atom stereocenters. The number of rotatable bonds is 2. The monoisotopic (exact) mass is 178 g/mol. The van der Waals surface area contributed by atoms with E-state index in [0.717, 1.165) is 6.29 Å². The molecule has 2 rings (SSSR count). The van der Waals surface area contributed by atoms with E-state index in [-0.39, 0.29) is 0 Å². The summed E-state index contributed by atoms with van der Waals surface area (Å²) in [6.07, 6.45) is 10.6. The highest BCUT2D eigenvalue weighted by molar-refractivity contribution is 5.71. The van der Waals surface area contributed by atoms with Gasteiger partial charge in [0.1, 0.15) is 5.69 Å². The maximum Gasteiger partial charge on any atom is 0.168 e. The summed E-state index contributed by atoms with van der Waals surface area (Å²) in [4.78, 5) is 14.7. The summed E-state index contributed by atoms with van der Waals surface area (Å²) in [5, 5.41) is 0. The van der Waals surface area contributed by atoms with Crippen molar-refractivity contribution in [3.8, 4) is 0 Å². The third kappa shape index (κ3) is 1.64. The van der Waals surface area contributed by atoms with E-state index in [2.05, 4.69) is 4.98 Å². The van der Waals surface area contributed by atoms with Gasteiger partial charge in [0.15, 0.2) is 6.29 Å². The van der Waals surface area contributed by atoms with Crippen molar-refractivity contribution in [1.82, 2.24) is 9.55 Å². The van der Waals surface area contributed by atoms with Crippen LogP contribution in [0.2, 0.25) is 0 Å². The molecule has 70 valence electrons. The van der Waals surface area contributed by atoms with Gasteiger partial charge in [-0.05, 0) is 12.8 Å². The minimum atomic E-state index is 0.511. The van der Waals surface area contributed by atoms with Crippen LogP contribution >= 0.6 is 0 Å². The lowest BCUT2D eigenvalue weighted by molar-refractivity contribution is 0.111. The molecule has 1 fully saturated rings. The van der Waals surface area contributed by atoms with Crippen LogP contribution in [0.4, 0.5) is 0 Å². The summed E-state index contributed by atoms with van der Waals surface area (Å²) >= 11 is 0. The molecule has 0 aliphatic heterocycles. The number of aldehydes is 1. The van der Waals surface area contributed by atoms with Gasteiger partial charge >= 0.3 is 0 Å². The Labute approximate surface area is 77.8 Å². The molecule has 1 aromatic rings. The summed E-state index contributed by atoms with van der Waals surface area (Å²) < 4.78 is 2.02. The first-order valence-corrected chi connectivity index (χ1v) is 4.89. The number of hydrogen-bond acceptors (Lipinski definition) is 2. The molecule has 3 nitrogen and oxygen atoms in total. The summed E-state index contributed by atoms with van der Waals surface area (Å²) in [6.45, 7) is 0. The molecule has 1 saturated carbocycles. The van der Waals surface area contributed by atoms with Gasteiger partial charge in [-0.1, -0.05) is 19.3 Å². The zero-order chi connectivity index (χ0) is 9.10. The number of carbonyl (C=O) groups excluding carboxylic acids is 1. The fourth-order valence-corrected chi connectivity index (χ4v) is 2.07. The molecule has 0 radical (unpaired) electrons. The van der Waals surface area contributed by atoms with Gasteiger partial charge in [0.05, 0.1) is 12.5 Å². The van der Waals surface area contributed by atoms with Gasteiger partial charge in [-0.2, -0.15) is 0 Å². The molecule has 0 N–H and O–H groups in total. The lowest BCUT2D eigenvalue weighted by atomic mass is 9.95. The van der Waals surface area contributed by atoms with Gasteiger partial charge in [-0.3, -0.25) is 4.79 Å². The average molecular weight is 178 g/mol. The molecule has 1 aliphatic rings. The van der Waals surface area contributed by atoms with Crippen molar-refractivity contribution >= 4 is 6.29 Å². The Morgan fingerprint density at radius 2 is 2.15 bits per heavy atom. The lowest BCUT2D eigenvalue weighted by Gasteiger charge is -2.23. The number of nitrogens with zero attached hydrogens (tertiary/aromatic N) is 2. The maximum absolute atomic E-state index is 10.7. The minimum absolute atomic E-state index is 0.511. The number of aromatic nitrogens is 2. The maximum atomic E-state index is 10.7. The van der Waals surface area contributed by atoms with Crippen molar-refractivity contribution < 1.29 is 4.79 Å². The van der Waals surface area contributed by atoms with E-state index in [1.807, 2.05) is 4.57 Å².